The molecule has 2 rings (SSSR count). The van der Waals surface area contributed by atoms with Crippen LogP contribution in [-0.4, -0.2) is 22.0 Å². The highest BCUT2D eigenvalue weighted by molar-refractivity contribution is 7.13. The molecule has 0 aliphatic heterocycles. The van der Waals surface area contributed by atoms with Crippen LogP contribution in [0.1, 0.15) is 10.6 Å². The van der Waals surface area contributed by atoms with E-state index in [2.05, 4.69) is 0 Å². The van der Waals surface area contributed by atoms with Gasteiger partial charge in [0.05, 0.1) is 0 Å². The van der Waals surface area contributed by atoms with Gasteiger partial charge in [-0.15, -0.1) is 11.3 Å². The summed E-state index contributed by atoms with van der Waals surface area (Å²) in [5.41, 5.74) is 0.733. The van der Waals surface area contributed by atoms with E-state index in [1.807, 2.05) is 17.5 Å². The molecule has 2 aromatic rings. The smallest absolute Gasteiger partial charge is 0.371 e. The number of aliphatic hydroxyl groups excluding tert-OH is 1. The Kier molecular flexibility index (Phi) is 3.29. The predicted molar refractivity (Wildman–Crippen MR) is 64.7 cm³/mol. The second kappa shape index (κ2) is 4.89. The Morgan fingerprint density at radius 3 is 2.72 bits per heavy atom. The van der Waals surface area contributed by atoms with Gasteiger partial charge in [-0.3, -0.25) is 4.79 Å². The molecule has 2 aromatic heterocycles. The number of hydrogen-bond acceptors (Lipinski definition) is 5. The van der Waals surface area contributed by atoms with Gasteiger partial charge < -0.3 is 14.6 Å². The number of allylic oxidation sites excluding steroid dienone is 1. The fourth-order valence-electron chi connectivity index (χ4n) is 1.29. The van der Waals surface area contributed by atoms with Gasteiger partial charge in [-0.25, -0.2) is 4.79 Å². The number of carboxylic acid groups (broad SMARTS) is 1. The molecule has 0 saturated carbocycles. The third-order valence-electron chi connectivity index (χ3n) is 2.13. The van der Waals surface area contributed by atoms with Crippen molar-refractivity contribution in [2.24, 2.45) is 0 Å². The molecule has 2 heterocycles. The summed E-state index contributed by atoms with van der Waals surface area (Å²) in [4.78, 5) is 22.8. The molecule has 6 heteroatoms. The summed E-state index contributed by atoms with van der Waals surface area (Å²) in [6.07, 6.45) is 2.02. The monoisotopic (exact) mass is 264 g/mol. The molecule has 0 amide bonds. The van der Waals surface area contributed by atoms with Crippen molar-refractivity contribution in [2.45, 2.75) is 0 Å². The number of thiophene rings is 1. The van der Waals surface area contributed by atoms with Crippen molar-refractivity contribution in [2.75, 3.05) is 0 Å². The summed E-state index contributed by atoms with van der Waals surface area (Å²) in [6, 6.07) is 5.23. The van der Waals surface area contributed by atoms with Crippen molar-refractivity contribution >= 4 is 23.1 Å². The number of hydrogen-bond donors (Lipinski definition) is 2. The molecule has 0 bridgehead atoms. The summed E-state index contributed by atoms with van der Waals surface area (Å²) in [5, 5.41) is 19.3. The number of carbonyl (C=O) groups excluding carboxylic acids is 1. The molecule has 5 nitrogen and oxygen atoms in total. The molecule has 0 radical (unpaired) electrons. The summed E-state index contributed by atoms with van der Waals surface area (Å²) >= 11 is 1.49. The number of carbonyl (C=O) groups is 2. The Bertz CT molecular complexity index is 606. The third kappa shape index (κ3) is 2.49. The summed E-state index contributed by atoms with van der Waals surface area (Å²) in [7, 11) is 0. The van der Waals surface area contributed by atoms with Crippen LogP contribution >= 0.6 is 11.3 Å². The van der Waals surface area contributed by atoms with E-state index in [-0.39, 0.29) is 5.76 Å². The zero-order chi connectivity index (χ0) is 13.1. The van der Waals surface area contributed by atoms with Gasteiger partial charge in [-0.05, 0) is 17.5 Å². The molecule has 0 aliphatic rings. The maximum atomic E-state index is 11.6. The Labute approximate surface area is 106 Å². The fourth-order valence-corrected chi connectivity index (χ4v) is 2.00. The molecule has 0 aliphatic carbocycles. The first kappa shape index (κ1) is 12.1. The third-order valence-corrected chi connectivity index (χ3v) is 3.05. The molecule has 0 saturated heterocycles. The van der Waals surface area contributed by atoms with Crippen molar-refractivity contribution in [1.29, 1.82) is 0 Å². The van der Waals surface area contributed by atoms with Gasteiger partial charge in [-0.2, -0.15) is 0 Å². The van der Waals surface area contributed by atoms with Gasteiger partial charge >= 0.3 is 5.97 Å². The van der Waals surface area contributed by atoms with Gasteiger partial charge in [0, 0.05) is 16.5 Å². The largest absolute Gasteiger partial charge is 0.502 e. The Hall–Kier alpha value is -2.34. The van der Waals surface area contributed by atoms with Crippen molar-refractivity contribution in [3.63, 3.8) is 0 Å². The lowest BCUT2D eigenvalue weighted by molar-refractivity contribution is -0.135. The highest BCUT2D eigenvalue weighted by atomic mass is 32.1. The van der Waals surface area contributed by atoms with E-state index in [1.165, 1.54) is 23.7 Å². The van der Waals surface area contributed by atoms with Crippen molar-refractivity contribution in [1.82, 2.24) is 0 Å². The van der Waals surface area contributed by atoms with E-state index in [4.69, 9.17) is 14.6 Å². The van der Waals surface area contributed by atoms with E-state index < -0.39 is 17.5 Å². The number of rotatable bonds is 4. The zero-order valence-corrected chi connectivity index (χ0v) is 9.81. The predicted octanol–water partition coefficient (Wildman–Crippen LogP) is 2.72. The first-order valence-electron chi connectivity index (χ1n) is 4.88. The van der Waals surface area contributed by atoms with Crippen LogP contribution in [-0.2, 0) is 4.79 Å². The average Bonchev–Trinajstić information content (AvgIpc) is 2.99. The molecular formula is C12H8O5S. The van der Waals surface area contributed by atoms with Crippen molar-refractivity contribution in [3.8, 4) is 10.4 Å². The topological polar surface area (TPSA) is 87.7 Å². The van der Waals surface area contributed by atoms with Crippen molar-refractivity contribution in [3.05, 3.63) is 47.4 Å². The highest BCUT2D eigenvalue weighted by Crippen LogP contribution is 2.26. The second-order valence-corrected chi connectivity index (χ2v) is 4.32. The van der Waals surface area contributed by atoms with Gasteiger partial charge in [0.25, 0.3) is 0 Å². The van der Waals surface area contributed by atoms with Crippen LogP contribution < -0.4 is 0 Å². The average molecular weight is 264 g/mol. The second-order valence-electron chi connectivity index (χ2n) is 3.38. The molecule has 0 atom stereocenters. The van der Waals surface area contributed by atoms with Gasteiger partial charge in [0.15, 0.2) is 5.76 Å². The Morgan fingerprint density at radius 2 is 2.11 bits per heavy atom. The van der Waals surface area contributed by atoms with Gasteiger partial charge in [-0.1, -0.05) is 6.07 Å². The number of aliphatic carboxylic acids is 1. The summed E-state index contributed by atoms with van der Waals surface area (Å²) in [5.74, 6) is -3.30. The summed E-state index contributed by atoms with van der Waals surface area (Å²) in [6.45, 7) is 0. The minimum absolute atomic E-state index is 0.0220. The lowest BCUT2D eigenvalue weighted by Gasteiger charge is -1.90. The standard InChI is InChI=1S/C12H8O5S/c13-8(5-9(14)12(15)16)10-4-7(6-17-10)11-2-1-3-18-11/h1-6,14H,(H,15,16). The Balaban J connectivity index is 2.23. The van der Waals surface area contributed by atoms with E-state index >= 15 is 0 Å². The zero-order valence-electron chi connectivity index (χ0n) is 8.99. The van der Waals surface area contributed by atoms with E-state index in [9.17, 15) is 9.59 Å². The molecule has 92 valence electrons. The van der Waals surface area contributed by atoms with Gasteiger partial charge in [0.2, 0.25) is 11.5 Å². The molecular weight excluding hydrogens is 256 g/mol. The van der Waals surface area contributed by atoms with Crippen molar-refractivity contribution < 1.29 is 24.2 Å². The van der Waals surface area contributed by atoms with Crippen LogP contribution in [0.25, 0.3) is 10.4 Å². The minimum atomic E-state index is -1.56. The van der Waals surface area contributed by atoms with Crippen LogP contribution in [0.4, 0.5) is 0 Å². The maximum Gasteiger partial charge on any atom is 0.371 e. The fraction of sp³-hybridized carbons (Fsp3) is 0. The van der Waals surface area contributed by atoms with Crippen LogP contribution in [0.3, 0.4) is 0 Å². The van der Waals surface area contributed by atoms with E-state index in [0.717, 1.165) is 10.4 Å². The first-order chi connectivity index (χ1) is 8.58. The van der Waals surface area contributed by atoms with Crippen LogP contribution in [0.15, 0.2) is 46.1 Å². The SMILES string of the molecule is O=C(O)C(O)=CC(=O)c1cc(-c2cccs2)co1. The molecule has 0 aromatic carbocycles. The molecule has 0 unspecified atom stereocenters. The molecule has 2 N–H and O–H groups in total. The highest BCUT2D eigenvalue weighted by Gasteiger charge is 2.14. The number of aliphatic hydroxyl groups is 1. The maximum absolute atomic E-state index is 11.6. The lowest BCUT2D eigenvalue weighted by atomic mass is 10.2. The van der Waals surface area contributed by atoms with Crippen LogP contribution in [0.2, 0.25) is 0 Å². The number of furan rings is 1. The quantitative estimate of drug-likeness (QED) is 0.503. The van der Waals surface area contributed by atoms with Crippen LogP contribution in [0.5, 0.6) is 0 Å². The normalized spacial score (nSPS) is 11.4. The minimum Gasteiger partial charge on any atom is -0.502 e. The molecule has 0 fully saturated rings. The Morgan fingerprint density at radius 1 is 1.33 bits per heavy atom. The first-order valence-corrected chi connectivity index (χ1v) is 5.76. The van der Waals surface area contributed by atoms with E-state index in [1.54, 1.807) is 0 Å². The van der Waals surface area contributed by atoms with Crippen LogP contribution in [0, 0.1) is 0 Å². The molecule has 18 heavy (non-hydrogen) atoms. The summed E-state index contributed by atoms with van der Waals surface area (Å²) < 4.78 is 5.04. The number of ketones is 1. The van der Waals surface area contributed by atoms with E-state index in [0.29, 0.717) is 6.08 Å². The van der Waals surface area contributed by atoms with Gasteiger partial charge in [0.1, 0.15) is 6.26 Å². The number of carboxylic acids is 1. The lowest BCUT2D eigenvalue weighted by Crippen LogP contribution is -2.03. The molecule has 0 spiro atoms.